The van der Waals surface area contributed by atoms with Gasteiger partial charge in [0.15, 0.2) is 7.14 Å². The summed E-state index contributed by atoms with van der Waals surface area (Å²) in [5, 5.41) is 0. The summed E-state index contributed by atoms with van der Waals surface area (Å²) >= 11 is 0. The molecule has 0 aliphatic carbocycles. The van der Waals surface area contributed by atoms with E-state index in [1.165, 1.54) is 0 Å². The molecule has 0 aliphatic heterocycles. The molecule has 0 aliphatic rings. The molecule has 2 atom stereocenters. The first-order valence-corrected chi connectivity index (χ1v) is 9.44. The van der Waals surface area contributed by atoms with Crippen LogP contribution in [0.2, 0.25) is 0 Å². The van der Waals surface area contributed by atoms with Crippen molar-refractivity contribution in [1.29, 1.82) is 0 Å². The van der Waals surface area contributed by atoms with E-state index in [0.29, 0.717) is 5.44 Å². The summed E-state index contributed by atoms with van der Waals surface area (Å²) in [6.45, 7) is 4.65. The average Bonchev–Trinajstić information content (AvgIpc) is 2.16. The number of hydrogen-bond acceptors (Lipinski definition) is 4. The van der Waals surface area contributed by atoms with Gasteiger partial charge in [-0.3, -0.25) is 4.98 Å². The molecule has 1 heterocycles. The van der Waals surface area contributed by atoms with E-state index in [4.69, 9.17) is 5.73 Å². The largest absolute Gasteiger partial charge is 0.322 e. The van der Waals surface area contributed by atoms with Gasteiger partial charge in [0.1, 0.15) is 18.1 Å². The van der Waals surface area contributed by atoms with Gasteiger partial charge < -0.3 is 14.9 Å². The van der Waals surface area contributed by atoms with E-state index in [0.717, 1.165) is 0 Å². The summed E-state index contributed by atoms with van der Waals surface area (Å²) in [6, 6.07) is 5.16. The normalized spacial score (nSPS) is 18.1. The van der Waals surface area contributed by atoms with Gasteiger partial charge in [-0.25, -0.2) is 0 Å². The minimum atomic E-state index is -2.85. The van der Waals surface area contributed by atoms with Crippen molar-refractivity contribution in [3.63, 3.8) is 0 Å². The lowest BCUT2D eigenvalue weighted by molar-refractivity contribution is 0.569. The Balaban J connectivity index is 3.15. The first-order chi connectivity index (χ1) is 6.76. The zero-order chi connectivity index (χ0) is 11.7. The quantitative estimate of drug-likeness (QED) is 0.821. The van der Waals surface area contributed by atoms with Crippen molar-refractivity contribution in [2.75, 3.05) is 20.0 Å². The Morgan fingerprint density at radius 2 is 1.87 bits per heavy atom. The lowest BCUT2D eigenvalue weighted by atomic mass is 10.5. The summed E-state index contributed by atoms with van der Waals surface area (Å²) in [5.74, 6) is 0. The fourth-order valence-corrected chi connectivity index (χ4v) is 6.83. The molecule has 84 valence electrons. The number of nitrogens with zero attached hydrogens (tertiary/aromatic N) is 1. The maximum Gasteiger partial charge on any atom is 0.153 e. The molecule has 6 heteroatoms. The highest BCUT2D eigenvalue weighted by Crippen LogP contribution is 2.59. The fraction of sp³-hybridized carbons (Fsp3) is 0.444. The SMILES string of the molecule is CP(C)(=O)C(N)P(C)(=O)c1ccccn1. The predicted molar refractivity (Wildman–Crippen MR) is 64.8 cm³/mol. The molecule has 0 fully saturated rings. The van der Waals surface area contributed by atoms with Crippen molar-refractivity contribution in [3.8, 4) is 0 Å². The molecule has 2 unspecified atom stereocenters. The van der Waals surface area contributed by atoms with Crippen molar-refractivity contribution in [2.45, 2.75) is 5.52 Å². The van der Waals surface area contributed by atoms with Crippen LogP contribution in [0.3, 0.4) is 0 Å². The molecule has 1 rings (SSSR count). The van der Waals surface area contributed by atoms with E-state index in [1.54, 1.807) is 44.4 Å². The van der Waals surface area contributed by atoms with Gasteiger partial charge in [0.05, 0.1) is 0 Å². The Hall–Kier alpha value is -0.430. The Kier molecular flexibility index (Phi) is 3.55. The molecule has 15 heavy (non-hydrogen) atoms. The molecule has 0 aromatic carbocycles. The van der Waals surface area contributed by atoms with Crippen molar-refractivity contribution < 1.29 is 9.13 Å². The van der Waals surface area contributed by atoms with Gasteiger partial charge in [0, 0.05) is 6.20 Å². The Bertz CT molecular complexity index is 427. The second kappa shape index (κ2) is 4.21. The Morgan fingerprint density at radius 3 is 2.27 bits per heavy atom. The standard InChI is InChI=1S/C9H16N2O2P2/c1-14(2,12)9(10)15(3,13)8-6-4-5-7-11-8/h4-7,9H,10H2,1-3H3. The van der Waals surface area contributed by atoms with Crippen LogP contribution in [0.15, 0.2) is 24.4 Å². The minimum Gasteiger partial charge on any atom is -0.322 e. The van der Waals surface area contributed by atoms with Crippen molar-refractivity contribution in [1.82, 2.24) is 4.98 Å². The third-order valence-electron chi connectivity index (χ3n) is 2.25. The summed E-state index contributed by atoms with van der Waals surface area (Å²) in [5.41, 5.74) is 5.43. The molecule has 0 saturated heterocycles. The van der Waals surface area contributed by atoms with E-state index in [1.807, 2.05) is 0 Å². The molecule has 0 spiro atoms. The molecule has 2 N–H and O–H groups in total. The molecular formula is C9H16N2O2P2. The Morgan fingerprint density at radius 1 is 1.27 bits per heavy atom. The van der Waals surface area contributed by atoms with E-state index < -0.39 is 19.8 Å². The molecule has 0 saturated carbocycles. The first-order valence-electron chi connectivity index (χ1n) is 4.55. The van der Waals surface area contributed by atoms with Crippen LogP contribution in [0.5, 0.6) is 0 Å². The van der Waals surface area contributed by atoms with Crippen LogP contribution >= 0.6 is 14.3 Å². The van der Waals surface area contributed by atoms with E-state index >= 15 is 0 Å². The van der Waals surface area contributed by atoms with Gasteiger partial charge in [0.25, 0.3) is 0 Å². The van der Waals surface area contributed by atoms with Crippen LogP contribution in [0.25, 0.3) is 0 Å². The minimum absolute atomic E-state index is 0.446. The molecule has 0 amide bonds. The molecule has 4 nitrogen and oxygen atoms in total. The molecule has 1 aromatic heterocycles. The van der Waals surface area contributed by atoms with Crippen LogP contribution in [-0.2, 0) is 9.13 Å². The van der Waals surface area contributed by atoms with Gasteiger partial charge in [0.2, 0.25) is 0 Å². The van der Waals surface area contributed by atoms with Crippen molar-refractivity contribution in [3.05, 3.63) is 24.4 Å². The highest BCUT2D eigenvalue weighted by atomic mass is 31.2. The van der Waals surface area contributed by atoms with Crippen LogP contribution in [0.1, 0.15) is 0 Å². The van der Waals surface area contributed by atoms with Gasteiger partial charge in [-0.05, 0) is 32.1 Å². The van der Waals surface area contributed by atoms with Gasteiger partial charge >= 0.3 is 0 Å². The molecule has 0 bridgehead atoms. The van der Waals surface area contributed by atoms with Crippen LogP contribution in [0, 0.1) is 0 Å². The monoisotopic (exact) mass is 246 g/mol. The molecular weight excluding hydrogens is 230 g/mol. The number of aromatic nitrogens is 1. The van der Waals surface area contributed by atoms with Crippen LogP contribution < -0.4 is 11.2 Å². The second-order valence-corrected chi connectivity index (χ2v) is 10.9. The zero-order valence-electron chi connectivity index (χ0n) is 9.12. The molecule has 0 radical (unpaired) electrons. The van der Waals surface area contributed by atoms with E-state index in [2.05, 4.69) is 4.98 Å². The lowest BCUT2D eigenvalue weighted by Crippen LogP contribution is -2.26. The topological polar surface area (TPSA) is 73.1 Å². The van der Waals surface area contributed by atoms with Crippen molar-refractivity contribution >= 4 is 19.7 Å². The molecule has 1 aromatic rings. The summed E-state index contributed by atoms with van der Waals surface area (Å²) in [4.78, 5) is 4.02. The number of pyridine rings is 1. The van der Waals surface area contributed by atoms with Gasteiger partial charge in [-0.1, -0.05) is 6.07 Å². The smallest absolute Gasteiger partial charge is 0.153 e. The maximum atomic E-state index is 12.4. The maximum absolute atomic E-state index is 12.4. The predicted octanol–water partition coefficient (Wildman–Crippen LogP) is 1.56. The highest BCUT2D eigenvalue weighted by Gasteiger charge is 2.36. The average molecular weight is 246 g/mol. The van der Waals surface area contributed by atoms with E-state index in [9.17, 15) is 9.13 Å². The van der Waals surface area contributed by atoms with Crippen LogP contribution in [-0.4, -0.2) is 30.5 Å². The summed E-state index contributed by atoms with van der Waals surface area (Å²) in [7, 11) is -5.42. The third kappa shape index (κ3) is 2.78. The zero-order valence-corrected chi connectivity index (χ0v) is 10.9. The lowest BCUT2D eigenvalue weighted by Gasteiger charge is -2.23. The number of nitrogens with two attached hydrogens (primary N) is 1. The summed E-state index contributed by atoms with van der Waals surface area (Å²) < 4.78 is 24.2. The van der Waals surface area contributed by atoms with Crippen LogP contribution in [0.4, 0.5) is 0 Å². The van der Waals surface area contributed by atoms with Crippen molar-refractivity contribution in [2.24, 2.45) is 5.73 Å². The first kappa shape index (κ1) is 12.6. The van der Waals surface area contributed by atoms with E-state index in [-0.39, 0.29) is 0 Å². The number of rotatable bonds is 3. The third-order valence-corrected chi connectivity index (χ3v) is 8.69. The second-order valence-electron chi connectivity index (χ2n) is 4.03. The number of hydrogen-bond donors (Lipinski definition) is 1. The Labute approximate surface area is 90.0 Å². The highest BCUT2D eigenvalue weighted by molar-refractivity contribution is 7.84. The van der Waals surface area contributed by atoms with Gasteiger partial charge in [-0.15, -0.1) is 0 Å². The fourth-order valence-electron chi connectivity index (χ4n) is 1.28. The van der Waals surface area contributed by atoms with Gasteiger partial charge in [-0.2, -0.15) is 0 Å². The summed E-state index contributed by atoms with van der Waals surface area (Å²) in [6.07, 6.45) is 1.56.